The Bertz CT molecular complexity index is 497. The van der Waals surface area contributed by atoms with Gasteiger partial charge in [0.05, 0.1) is 5.01 Å². The van der Waals surface area contributed by atoms with Crippen molar-refractivity contribution in [3.8, 4) is 0 Å². The highest BCUT2D eigenvalue weighted by Gasteiger charge is 1.95. The lowest BCUT2D eigenvalue weighted by Crippen LogP contribution is -1.73. The van der Waals surface area contributed by atoms with Gasteiger partial charge in [0.2, 0.25) is 0 Å². The summed E-state index contributed by atoms with van der Waals surface area (Å²) in [7, 11) is 0. The number of rotatable bonds is 3. The summed E-state index contributed by atoms with van der Waals surface area (Å²) in [6.45, 7) is 4.24. The summed E-state index contributed by atoms with van der Waals surface area (Å²) in [6, 6.07) is 8.49. The number of nitrogens with zero attached hydrogens (tertiary/aromatic N) is 1. The highest BCUT2D eigenvalue weighted by atomic mass is 32.1. The molecule has 2 heteroatoms. The standard InChI is InChI=1S/C14H15NS/c1-3-14-15-10-13(16-14)8-7-12-6-4-5-11(2)9-12/h4-10H,3H2,1-2H3/b8-7+. The first kappa shape index (κ1) is 11.1. The van der Waals surface area contributed by atoms with Crippen molar-refractivity contribution in [1.29, 1.82) is 0 Å². The van der Waals surface area contributed by atoms with Gasteiger partial charge < -0.3 is 0 Å². The number of hydrogen-bond acceptors (Lipinski definition) is 2. The molecule has 0 N–H and O–H groups in total. The highest BCUT2D eigenvalue weighted by Crippen LogP contribution is 2.16. The quantitative estimate of drug-likeness (QED) is 0.769. The molecule has 0 aliphatic carbocycles. The van der Waals surface area contributed by atoms with Crippen molar-refractivity contribution in [2.75, 3.05) is 0 Å². The minimum absolute atomic E-state index is 1.02. The van der Waals surface area contributed by atoms with Gasteiger partial charge in [-0.3, -0.25) is 0 Å². The predicted octanol–water partition coefficient (Wildman–Crippen LogP) is 4.18. The molecule has 0 spiro atoms. The lowest BCUT2D eigenvalue weighted by Gasteiger charge is -1.94. The first-order valence-electron chi connectivity index (χ1n) is 5.47. The van der Waals surface area contributed by atoms with Gasteiger partial charge in [-0.05, 0) is 25.0 Å². The Morgan fingerprint density at radius 3 is 2.88 bits per heavy atom. The van der Waals surface area contributed by atoms with Gasteiger partial charge in [-0.1, -0.05) is 42.8 Å². The Balaban J connectivity index is 2.14. The summed E-state index contributed by atoms with van der Waals surface area (Å²) in [4.78, 5) is 5.55. The molecule has 0 aliphatic rings. The zero-order chi connectivity index (χ0) is 11.4. The molecular weight excluding hydrogens is 214 g/mol. The zero-order valence-corrected chi connectivity index (χ0v) is 10.4. The van der Waals surface area contributed by atoms with Crippen molar-refractivity contribution < 1.29 is 0 Å². The van der Waals surface area contributed by atoms with Crippen LogP contribution in [0.5, 0.6) is 0 Å². The van der Waals surface area contributed by atoms with Crippen LogP contribution in [0, 0.1) is 6.92 Å². The lowest BCUT2D eigenvalue weighted by molar-refractivity contribution is 1.09. The van der Waals surface area contributed by atoms with Crippen molar-refractivity contribution in [2.24, 2.45) is 0 Å². The fourth-order valence-electron chi connectivity index (χ4n) is 1.52. The molecule has 2 aromatic rings. The average molecular weight is 229 g/mol. The van der Waals surface area contributed by atoms with Crippen LogP contribution in [-0.2, 0) is 6.42 Å². The number of hydrogen-bond donors (Lipinski definition) is 0. The van der Waals surface area contributed by atoms with Gasteiger partial charge in [0.1, 0.15) is 0 Å². The SMILES string of the molecule is CCc1ncc(/C=C/c2cccc(C)c2)s1. The first-order valence-corrected chi connectivity index (χ1v) is 6.29. The molecule has 0 unspecified atom stereocenters. The molecule has 82 valence electrons. The molecule has 16 heavy (non-hydrogen) atoms. The normalized spacial score (nSPS) is 11.1. The summed E-state index contributed by atoms with van der Waals surface area (Å²) in [6.07, 6.45) is 7.23. The van der Waals surface area contributed by atoms with E-state index in [4.69, 9.17) is 0 Å². The van der Waals surface area contributed by atoms with E-state index in [-0.39, 0.29) is 0 Å². The van der Waals surface area contributed by atoms with Gasteiger partial charge in [-0.2, -0.15) is 0 Å². The van der Waals surface area contributed by atoms with Crippen LogP contribution in [0.25, 0.3) is 12.2 Å². The Labute approximate surface area is 100 Å². The maximum atomic E-state index is 4.33. The molecule has 0 atom stereocenters. The van der Waals surface area contributed by atoms with Gasteiger partial charge in [-0.15, -0.1) is 11.3 Å². The molecule has 0 saturated heterocycles. The third kappa shape index (κ3) is 2.80. The van der Waals surface area contributed by atoms with Crippen LogP contribution < -0.4 is 0 Å². The van der Waals surface area contributed by atoms with E-state index in [9.17, 15) is 0 Å². The Hall–Kier alpha value is -1.41. The second-order valence-electron chi connectivity index (χ2n) is 3.76. The number of aromatic nitrogens is 1. The summed E-state index contributed by atoms with van der Waals surface area (Å²) < 4.78 is 0. The topological polar surface area (TPSA) is 12.9 Å². The van der Waals surface area contributed by atoms with Crippen LogP contribution in [-0.4, -0.2) is 4.98 Å². The van der Waals surface area contributed by atoms with Crippen LogP contribution in [0.4, 0.5) is 0 Å². The molecule has 1 aromatic carbocycles. The van der Waals surface area contributed by atoms with Crippen molar-refractivity contribution in [1.82, 2.24) is 4.98 Å². The molecule has 0 saturated carbocycles. The van der Waals surface area contributed by atoms with E-state index in [1.165, 1.54) is 21.0 Å². The average Bonchev–Trinajstić information content (AvgIpc) is 2.74. The third-order valence-corrected chi connectivity index (χ3v) is 3.46. The Morgan fingerprint density at radius 2 is 2.19 bits per heavy atom. The molecule has 1 heterocycles. The molecular formula is C14H15NS. The third-order valence-electron chi connectivity index (χ3n) is 2.36. The summed E-state index contributed by atoms with van der Waals surface area (Å²) in [5.74, 6) is 0. The van der Waals surface area contributed by atoms with Crippen LogP contribution in [0.3, 0.4) is 0 Å². The molecule has 0 radical (unpaired) electrons. The second-order valence-corrected chi connectivity index (χ2v) is 4.90. The molecule has 0 fully saturated rings. The van der Waals surface area contributed by atoms with Crippen molar-refractivity contribution in [3.63, 3.8) is 0 Å². The molecule has 0 aliphatic heterocycles. The zero-order valence-electron chi connectivity index (χ0n) is 9.60. The summed E-state index contributed by atoms with van der Waals surface area (Å²) in [5, 5.41) is 1.20. The van der Waals surface area contributed by atoms with Crippen LogP contribution in [0.1, 0.15) is 27.9 Å². The fraction of sp³-hybridized carbons (Fsp3) is 0.214. The monoisotopic (exact) mass is 229 g/mol. The number of thiazole rings is 1. The fourth-order valence-corrected chi connectivity index (χ4v) is 2.28. The van der Waals surface area contributed by atoms with Gasteiger partial charge in [0, 0.05) is 11.1 Å². The molecule has 0 amide bonds. The maximum Gasteiger partial charge on any atom is 0.0928 e. The van der Waals surface area contributed by atoms with Crippen molar-refractivity contribution in [3.05, 3.63) is 51.5 Å². The van der Waals surface area contributed by atoms with E-state index in [0.29, 0.717) is 0 Å². The molecule has 1 nitrogen and oxygen atoms in total. The minimum Gasteiger partial charge on any atom is -0.249 e. The smallest absolute Gasteiger partial charge is 0.0928 e. The number of benzene rings is 1. The molecule has 1 aromatic heterocycles. The van der Waals surface area contributed by atoms with E-state index in [1.54, 1.807) is 11.3 Å². The van der Waals surface area contributed by atoms with E-state index >= 15 is 0 Å². The summed E-state index contributed by atoms with van der Waals surface area (Å²) >= 11 is 1.76. The largest absolute Gasteiger partial charge is 0.249 e. The van der Waals surface area contributed by atoms with Crippen LogP contribution in [0.2, 0.25) is 0 Å². The van der Waals surface area contributed by atoms with Gasteiger partial charge in [0.25, 0.3) is 0 Å². The first-order chi connectivity index (χ1) is 7.78. The van der Waals surface area contributed by atoms with Crippen LogP contribution in [0.15, 0.2) is 30.5 Å². The van der Waals surface area contributed by atoms with Crippen molar-refractivity contribution >= 4 is 23.5 Å². The molecule has 2 rings (SSSR count). The maximum absolute atomic E-state index is 4.33. The van der Waals surface area contributed by atoms with E-state index in [1.807, 2.05) is 6.20 Å². The summed E-state index contributed by atoms with van der Waals surface area (Å²) in [5.41, 5.74) is 2.53. The Morgan fingerprint density at radius 1 is 1.31 bits per heavy atom. The van der Waals surface area contributed by atoms with E-state index in [0.717, 1.165) is 6.42 Å². The van der Waals surface area contributed by atoms with Crippen molar-refractivity contribution in [2.45, 2.75) is 20.3 Å². The Kier molecular flexibility index (Phi) is 3.52. The number of aryl methyl sites for hydroxylation is 2. The lowest BCUT2D eigenvalue weighted by atomic mass is 10.1. The second kappa shape index (κ2) is 5.08. The minimum atomic E-state index is 1.02. The highest BCUT2D eigenvalue weighted by molar-refractivity contribution is 7.12. The van der Waals surface area contributed by atoms with Gasteiger partial charge in [-0.25, -0.2) is 4.98 Å². The van der Waals surface area contributed by atoms with Gasteiger partial charge in [0.15, 0.2) is 0 Å². The van der Waals surface area contributed by atoms with Gasteiger partial charge >= 0.3 is 0 Å². The van der Waals surface area contributed by atoms with E-state index in [2.05, 4.69) is 55.2 Å². The van der Waals surface area contributed by atoms with E-state index < -0.39 is 0 Å². The molecule has 0 bridgehead atoms. The predicted molar refractivity (Wildman–Crippen MR) is 71.6 cm³/mol. The van der Waals surface area contributed by atoms with Crippen LogP contribution >= 0.6 is 11.3 Å².